The van der Waals surface area contributed by atoms with Gasteiger partial charge in [0.15, 0.2) is 0 Å². The summed E-state index contributed by atoms with van der Waals surface area (Å²) in [4.78, 5) is 36.0. The normalized spacial score (nSPS) is 20.4. The van der Waals surface area contributed by atoms with Gasteiger partial charge in [0.1, 0.15) is 0 Å². The summed E-state index contributed by atoms with van der Waals surface area (Å²) in [6.45, 7) is 5.73. The van der Waals surface area contributed by atoms with Gasteiger partial charge in [0.05, 0.1) is 24.3 Å². The lowest BCUT2D eigenvalue weighted by Crippen LogP contribution is -2.61. The lowest BCUT2D eigenvalue weighted by molar-refractivity contribution is -0.133. The zero-order valence-electron chi connectivity index (χ0n) is 19.3. The van der Waals surface area contributed by atoms with Gasteiger partial charge < -0.3 is 20.5 Å². The highest BCUT2D eigenvalue weighted by Gasteiger charge is 2.38. The van der Waals surface area contributed by atoms with Crippen LogP contribution in [-0.4, -0.2) is 53.9 Å². The third-order valence-electron chi connectivity index (χ3n) is 5.35. The van der Waals surface area contributed by atoms with E-state index in [0.717, 1.165) is 18.4 Å². The minimum absolute atomic E-state index is 0.0599. The molecule has 0 radical (unpaired) electrons. The zero-order valence-corrected chi connectivity index (χ0v) is 19.3. The molecule has 2 rings (SSSR count). The average Bonchev–Trinajstić information content (AvgIpc) is 2.79. The van der Waals surface area contributed by atoms with Gasteiger partial charge in [-0.05, 0) is 24.5 Å². The fourth-order valence-electron chi connectivity index (χ4n) is 3.66. The molecule has 1 aromatic rings. The molecule has 180 valence electrons. The summed E-state index contributed by atoms with van der Waals surface area (Å²) in [6.07, 6.45) is 6.10. The average molecular weight is 459 g/mol. The highest BCUT2D eigenvalue weighted by atomic mass is 16.5. The number of carboxylic acid groups (broad SMARTS) is 1. The van der Waals surface area contributed by atoms with Gasteiger partial charge in [-0.2, -0.15) is 0 Å². The maximum Gasteiger partial charge on any atom is 0.331 e. The molecule has 0 bridgehead atoms. The quantitative estimate of drug-likeness (QED) is 0.256. The Labute approximate surface area is 194 Å². The Morgan fingerprint density at radius 3 is 2.45 bits per heavy atom. The van der Waals surface area contributed by atoms with E-state index in [4.69, 9.17) is 4.74 Å². The van der Waals surface area contributed by atoms with Crippen LogP contribution in [0.1, 0.15) is 45.6 Å². The van der Waals surface area contributed by atoms with E-state index >= 15 is 0 Å². The number of hydrogen-bond acceptors (Lipinski definition) is 5. The summed E-state index contributed by atoms with van der Waals surface area (Å²) < 4.78 is 6.10. The van der Waals surface area contributed by atoms with Gasteiger partial charge in [-0.3, -0.25) is 10.2 Å². The van der Waals surface area contributed by atoms with E-state index in [0.29, 0.717) is 6.54 Å². The van der Waals surface area contributed by atoms with Crippen molar-refractivity contribution in [2.45, 2.75) is 64.3 Å². The summed E-state index contributed by atoms with van der Waals surface area (Å²) in [5.74, 6) is -1.37. The maximum atomic E-state index is 12.5. The van der Waals surface area contributed by atoms with Crippen LogP contribution >= 0.6 is 0 Å². The summed E-state index contributed by atoms with van der Waals surface area (Å²) in [6, 6.07) is 7.96. The summed E-state index contributed by atoms with van der Waals surface area (Å²) in [5, 5.41) is 15.2. The summed E-state index contributed by atoms with van der Waals surface area (Å²) in [7, 11) is 0. The number of carbonyl (C=O) groups excluding carboxylic acids is 2. The number of nitrogens with one attached hydrogen (secondary N) is 4. The molecular weight excluding hydrogens is 424 g/mol. The minimum atomic E-state index is -1.08. The van der Waals surface area contributed by atoms with Gasteiger partial charge >= 0.3 is 12.0 Å². The molecule has 0 saturated heterocycles. The first-order valence-corrected chi connectivity index (χ1v) is 11.2. The van der Waals surface area contributed by atoms with Gasteiger partial charge in [0, 0.05) is 25.5 Å². The monoisotopic (exact) mass is 458 g/mol. The molecule has 0 heterocycles. The first kappa shape index (κ1) is 26.1. The molecule has 1 aliphatic rings. The van der Waals surface area contributed by atoms with Gasteiger partial charge in [-0.15, -0.1) is 0 Å². The van der Waals surface area contributed by atoms with Gasteiger partial charge in [0.2, 0.25) is 5.91 Å². The van der Waals surface area contributed by atoms with Crippen LogP contribution in [0.2, 0.25) is 0 Å². The van der Waals surface area contributed by atoms with E-state index in [9.17, 15) is 19.5 Å². The van der Waals surface area contributed by atoms with Crippen LogP contribution in [0.15, 0.2) is 48.1 Å². The highest BCUT2D eigenvalue weighted by molar-refractivity contribution is 5.87. The Balaban J connectivity index is 2.02. The first-order chi connectivity index (χ1) is 15.8. The van der Waals surface area contributed by atoms with Crippen molar-refractivity contribution in [1.82, 2.24) is 21.5 Å². The SMILES string of the molecule is CCC(CC)O[C@@H]1C=C(C(=O)O)C[C@H](NC(=O)NNC/C=C/c2ccccc2)[C@H]1NC(C)=O. The molecular formula is C24H34N4O5. The number of carbonyl (C=O) groups is 3. The molecule has 9 nitrogen and oxygen atoms in total. The fraction of sp³-hybridized carbons (Fsp3) is 0.458. The molecule has 3 atom stereocenters. The predicted octanol–water partition coefficient (Wildman–Crippen LogP) is 2.37. The van der Waals surface area contributed by atoms with Crippen LogP contribution in [0.5, 0.6) is 0 Å². The molecule has 3 amide bonds. The van der Waals surface area contributed by atoms with Crippen LogP contribution in [0, 0.1) is 0 Å². The maximum absolute atomic E-state index is 12.5. The van der Waals surface area contributed by atoms with Crippen LogP contribution < -0.4 is 21.5 Å². The van der Waals surface area contributed by atoms with E-state index in [1.54, 1.807) is 0 Å². The first-order valence-electron chi connectivity index (χ1n) is 11.2. The van der Waals surface area contributed by atoms with Crippen molar-refractivity contribution in [2.24, 2.45) is 0 Å². The number of benzene rings is 1. The standard InChI is InChI=1S/C24H34N4O5/c1-4-19(5-2)33-21-15-18(23(30)31)14-20(22(21)26-16(3)29)27-24(32)28-25-13-9-12-17-10-7-6-8-11-17/h6-12,15,19-22,25H,4-5,13-14H2,1-3H3,(H,26,29)(H,30,31)(H2,27,28,32)/b12-9+/t20-,21+,22+/m0/s1. The number of rotatable bonds is 11. The van der Waals surface area contributed by atoms with Crippen LogP contribution in [0.25, 0.3) is 6.08 Å². The predicted molar refractivity (Wildman–Crippen MR) is 126 cm³/mol. The third-order valence-corrected chi connectivity index (χ3v) is 5.35. The number of ether oxygens (including phenoxy) is 1. The second kappa shape index (κ2) is 13.4. The molecule has 0 aliphatic heterocycles. The van der Waals surface area contributed by atoms with Crippen LogP contribution in [-0.2, 0) is 14.3 Å². The van der Waals surface area contributed by atoms with Gasteiger partial charge in [0.25, 0.3) is 0 Å². The van der Waals surface area contributed by atoms with Gasteiger partial charge in [-0.25, -0.2) is 15.0 Å². The second-order valence-corrected chi connectivity index (χ2v) is 7.87. The van der Waals surface area contributed by atoms with Crippen LogP contribution in [0.4, 0.5) is 4.79 Å². The number of urea groups is 1. The van der Waals surface area contributed by atoms with Crippen molar-refractivity contribution in [3.8, 4) is 0 Å². The van der Waals surface area contributed by atoms with E-state index in [2.05, 4.69) is 21.5 Å². The molecule has 0 spiro atoms. The van der Waals surface area contributed by atoms with E-state index in [1.807, 2.05) is 56.3 Å². The zero-order chi connectivity index (χ0) is 24.2. The topological polar surface area (TPSA) is 129 Å². The number of carboxylic acids is 1. The number of aliphatic carboxylic acids is 1. The Morgan fingerprint density at radius 2 is 1.85 bits per heavy atom. The molecule has 0 unspecified atom stereocenters. The Hall–Kier alpha value is -3.17. The lowest BCUT2D eigenvalue weighted by atomic mass is 9.87. The third kappa shape index (κ3) is 8.70. The van der Waals surface area contributed by atoms with Gasteiger partial charge in [-0.1, -0.05) is 56.3 Å². The minimum Gasteiger partial charge on any atom is -0.478 e. The molecule has 33 heavy (non-hydrogen) atoms. The number of hydrazine groups is 1. The van der Waals surface area contributed by atoms with Crippen molar-refractivity contribution in [1.29, 1.82) is 0 Å². The van der Waals surface area contributed by atoms with E-state index < -0.39 is 30.2 Å². The Kier molecular flexibility index (Phi) is 10.6. The smallest absolute Gasteiger partial charge is 0.331 e. The van der Waals surface area contributed by atoms with Crippen molar-refractivity contribution >= 4 is 24.0 Å². The molecule has 0 saturated carbocycles. The van der Waals surface area contributed by atoms with Crippen molar-refractivity contribution in [3.05, 3.63) is 53.6 Å². The Bertz CT molecular complexity index is 852. The number of amides is 3. The van der Waals surface area contributed by atoms with E-state index in [1.165, 1.54) is 13.0 Å². The fourth-order valence-corrected chi connectivity index (χ4v) is 3.66. The van der Waals surface area contributed by atoms with Crippen molar-refractivity contribution < 1.29 is 24.2 Å². The van der Waals surface area contributed by atoms with E-state index in [-0.39, 0.29) is 24.0 Å². The second-order valence-electron chi connectivity index (χ2n) is 7.87. The highest BCUT2D eigenvalue weighted by Crippen LogP contribution is 2.24. The Morgan fingerprint density at radius 1 is 1.15 bits per heavy atom. The summed E-state index contributed by atoms with van der Waals surface area (Å²) >= 11 is 0. The molecule has 1 aliphatic carbocycles. The number of hydrogen-bond donors (Lipinski definition) is 5. The largest absolute Gasteiger partial charge is 0.478 e. The summed E-state index contributed by atoms with van der Waals surface area (Å²) in [5.41, 5.74) is 6.52. The van der Waals surface area contributed by atoms with Crippen molar-refractivity contribution in [3.63, 3.8) is 0 Å². The molecule has 0 aromatic heterocycles. The molecule has 5 N–H and O–H groups in total. The molecule has 1 aromatic carbocycles. The van der Waals surface area contributed by atoms with Crippen molar-refractivity contribution in [2.75, 3.05) is 6.54 Å². The molecule has 0 fully saturated rings. The molecule has 9 heteroatoms. The van der Waals surface area contributed by atoms with Crippen LogP contribution in [0.3, 0.4) is 0 Å². The lowest BCUT2D eigenvalue weighted by Gasteiger charge is -2.38.